The largest absolute Gasteiger partial charge is 0.416 e. The average molecular weight is 475 g/mol. The van der Waals surface area contributed by atoms with Gasteiger partial charge in [-0.05, 0) is 41.5 Å². The minimum absolute atomic E-state index is 0.0285. The summed E-state index contributed by atoms with van der Waals surface area (Å²) < 4.78 is 97.8. The van der Waals surface area contributed by atoms with E-state index in [1.165, 1.54) is 29.2 Å². The molecule has 0 N–H and O–H groups in total. The second kappa shape index (κ2) is 8.12. The van der Waals surface area contributed by atoms with Crippen molar-refractivity contribution in [2.75, 3.05) is 6.54 Å². The number of Topliss-reactive ketones (excluding diaryl/α,β-unsaturated/α-hetero) is 1. The SMILES string of the molecule is O=C1C[C@H]2[C@H](c3ccc(F)cc3)[C@@H](OCc3cc(C(F)(F)F)cc(C(F)(F)F)c3)CN2C1=O. The molecule has 2 aliphatic heterocycles. The third-order valence-corrected chi connectivity index (χ3v) is 5.85. The van der Waals surface area contributed by atoms with E-state index in [-0.39, 0.29) is 24.6 Å². The molecule has 2 saturated heterocycles. The monoisotopic (exact) mass is 475 g/mol. The number of carbonyl (C=O) groups excluding carboxylic acids is 2. The van der Waals surface area contributed by atoms with Crippen molar-refractivity contribution >= 4 is 11.7 Å². The molecule has 0 aliphatic carbocycles. The lowest BCUT2D eigenvalue weighted by Gasteiger charge is -2.23. The Morgan fingerprint density at radius 2 is 1.48 bits per heavy atom. The zero-order valence-corrected chi connectivity index (χ0v) is 16.7. The summed E-state index contributed by atoms with van der Waals surface area (Å²) in [6.07, 6.45) is -10.9. The van der Waals surface area contributed by atoms with Crippen LogP contribution in [0.3, 0.4) is 0 Å². The molecule has 2 heterocycles. The van der Waals surface area contributed by atoms with Gasteiger partial charge >= 0.3 is 12.4 Å². The van der Waals surface area contributed by atoms with E-state index in [0.29, 0.717) is 17.7 Å². The van der Waals surface area contributed by atoms with Gasteiger partial charge in [-0.3, -0.25) is 9.59 Å². The first kappa shape index (κ1) is 23.2. The van der Waals surface area contributed by atoms with Crippen LogP contribution in [0.4, 0.5) is 30.7 Å². The summed E-state index contributed by atoms with van der Waals surface area (Å²) in [5.74, 6) is -2.45. The zero-order valence-electron chi connectivity index (χ0n) is 16.7. The number of ketones is 1. The molecular formula is C22H16F7NO3. The smallest absolute Gasteiger partial charge is 0.371 e. The molecule has 0 aromatic heterocycles. The van der Waals surface area contributed by atoms with Crippen molar-refractivity contribution < 1.29 is 45.1 Å². The van der Waals surface area contributed by atoms with Crippen LogP contribution in [-0.2, 0) is 33.3 Å². The lowest BCUT2D eigenvalue weighted by molar-refractivity contribution is -0.143. The van der Waals surface area contributed by atoms with E-state index >= 15 is 0 Å². The molecule has 3 atom stereocenters. The van der Waals surface area contributed by atoms with Crippen molar-refractivity contribution in [2.45, 2.75) is 43.4 Å². The van der Waals surface area contributed by atoms with Gasteiger partial charge in [0.1, 0.15) is 5.82 Å². The molecule has 2 aliphatic rings. The van der Waals surface area contributed by atoms with Gasteiger partial charge in [-0.1, -0.05) is 12.1 Å². The first-order chi connectivity index (χ1) is 15.3. The van der Waals surface area contributed by atoms with Gasteiger partial charge in [0.15, 0.2) is 0 Å². The first-order valence-electron chi connectivity index (χ1n) is 9.84. The Morgan fingerprint density at radius 3 is 2.03 bits per heavy atom. The molecule has 2 fully saturated rings. The maximum absolute atomic E-state index is 13.4. The Bertz CT molecular complexity index is 1050. The Balaban J connectivity index is 1.62. The minimum atomic E-state index is -4.99. The van der Waals surface area contributed by atoms with Gasteiger partial charge in [-0.15, -0.1) is 0 Å². The van der Waals surface area contributed by atoms with Crippen molar-refractivity contribution in [1.82, 2.24) is 4.90 Å². The Labute approximate surface area is 182 Å². The molecule has 33 heavy (non-hydrogen) atoms. The molecule has 0 saturated carbocycles. The molecule has 1 amide bonds. The fourth-order valence-electron chi connectivity index (χ4n) is 4.38. The fraction of sp³-hybridized carbons (Fsp3) is 0.364. The minimum Gasteiger partial charge on any atom is -0.371 e. The third kappa shape index (κ3) is 4.59. The lowest BCUT2D eigenvalue weighted by atomic mass is 9.88. The van der Waals surface area contributed by atoms with Crippen LogP contribution in [0.5, 0.6) is 0 Å². The molecule has 176 valence electrons. The highest BCUT2D eigenvalue weighted by molar-refractivity contribution is 6.38. The van der Waals surface area contributed by atoms with E-state index in [1.54, 1.807) is 0 Å². The summed E-state index contributed by atoms with van der Waals surface area (Å²) in [7, 11) is 0. The van der Waals surface area contributed by atoms with Crippen molar-refractivity contribution in [3.8, 4) is 0 Å². The van der Waals surface area contributed by atoms with Gasteiger partial charge in [-0.2, -0.15) is 26.3 Å². The number of fused-ring (bicyclic) bond motifs is 1. The quantitative estimate of drug-likeness (QED) is 0.475. The van der Waals surface area contributed by atoms with Crippen LogP contribution in [0.15, 0.2) is 42.5 Å². The topological polar surface area (TPSA) is 46.6 Å². The summed E-state index contributed by atoms with van der Waals surface area (Å²) >= 11 is 0. The van der Waals surface area contributed by atoms with Gasteiger partial charge in [0, 0.05) is 24.9 Å². The average Bonchev–Trinajstić information content (AvgIpc) is 3.21. The van der Waals surface area contributed by atoms with E-state index in [1.807, 2.05) is 0 Å². The second-order valence-electron chi connectivity index (χ2n) is 7.99. The molecule has 4 rings (SSSR count). The maximum Gasteiger partial charge on any atom is 0.416 e. The molecule has 2 aromatic carbocycles. The van der Waals surface area contributed by atoms with Crippen LogP contribution < -0.4 is 0 Å². The number of hydrogen-bond donors (Lipinski definition) is 0. The highest BCUT2D eigenvalue weighted by Crippen LogP contribution is 2.42. The summed E-state index contributed by atoms with van der Waals surface area (Å²) in [5.41, 5.74) is -2.72. The number of carbonyl (C=O) groups is 2. The fourth-order valence-corrected chi connectivity index (χ4v) is 4.38. The summed E-state index contributed by atoms with van der Waals surface area (Å²) in [6.45, 7) is -0.652. The molecule has 0 unspecified atom stereocenters. The Kier molecular flexibility index (Phi) is 5.71. The number of hydrogen-bond acceptors (Lipinski definition) is 3. The second-order valence-corrected chi connectivity index (χ2v) is 7.99. The zero-order chi connectivity index (χ0) is 24.1. The van der Waals surface area contributed by atoms with Gasteiger partial charge in [0.25, 0.3) is 5.91 Å². The van der Waals surface area contributed by atoms with Crippen LogP contribution >= 0.6 is 0 Å². The lowest BCUT2D eigenvalue weighted by Crippen LogP contribution is -2.30. The number of amides is 1. The number of ether oxygens (including phenoxy) is 1. The van der Waals surface area contributed by atoms with Crippen molar-refractivity contribution in [3.63, 3.8) is 0 Å². The van der Waals surface area contributed by atoms with Crippen LogP contribution in [0.25, 0.3) is 0 Å². The molecule has 0 radical (unpaired) electrons. The van der Waals surface area contributed by atoms with Gasteiger partial charge < -0.3 is 9.64 Å². The molecule has 2 aromatic rings. The third-order valence-electron chi connectivity index (χ3n) is 5.85. The van der Waals surface area contributed by atoms with E-state index in [4.69, 9.17) is 4.74 Å². The van der Waals surface area contributed by atoms with Gasteiger partial charge in [-0.25, -0.2) is 4.39 Å². The van der Waals surface area contributed by atoms with Crippen LogP contribution in [-0.4, -0.2) is 35.3 Å². The van der Waals surface area contributed by atoms with Crippen LogP contribution in [0.1, 0.15) is 34.6 Å². The maximum atomic E-state index is 13.4. The van der Waals surface area contributed by atoms with E-state index < -0.39 is 65.7 Å². The molecular weight excluding hydrogens is 459 g/mol. The van der Waals surface area contributed by atoms with Crippen LogP contribution in [0, 0.1) is 5.82 Å². The number of halogens is 7. The van der Waals surface area contributed by atoms with E-state index in [0.717, 1.165) is 0 Å². The standard InChI is InChI=1S/C22H16F7NO3/c23-15-3-1-12(2-4-15)19-16-8-17(31)20(32)30(16)9-18(19)33-10-11-5-13(21(24,25)26)7-14(6-11)22(27,28)29/h1-7,16,18-19H,8-10H2/t16-,18-,19-/m0/s1. The highest BCUT2D eigenvalue weighted by Gasteiger charge is 2.52. The predicted octanol–water partition coefficient (Wildman–Crippen LogP) is 4.72. The normalized spacial score (nSPS) is 23.4. The van der Waals surface area contributed by atoms with Crippen LogP contribution in [0.2, 0.25) is 0 Å². The number of rotatable bonds is 4. The number of benzene rings is 2. The van der Waals surface area contributed by atoms with Crippen molar-refractivity contribution in [2.24, 2.45) is 0 Å². The Hall–Kier alpha value is -2.95. The summed E-state index contributed by atoms with van der Waals surface area (Å²) in [4.78, 5) is 25.3. The summed E-state index contributed by atoms with van der Waals surface area (Å²) in [6, 6.07) is 5.83. The van der Waals surface area contributed by atoms with E-state index in [2.05, 4.69) is 0 Å². The van der Waals surface area contributed by atoms with Crippen molar-refractivity contribution in [1.29, 1.82) is 0 Å². The number of nitrogens with zero attached hydrogens (tertiary/aromatic N) is 1. The number of alkyl halides is 6. The van der Waals surface area contributed by atoms with Crippen molar-refractivity contribution in [3.05, 3.63) is 70.5 Å². The molecule has 4 nitrogen and oxygen atoms in total. The predicted molar refractivity (Wildman–Crippen MR) is 99.3 cm³/mol. The molecule has 0 bridgehead atoms. The molecule has 11 heteroatoms. The molecule has 0 spiro atoms. The Morgan fingerprint density at radius 1 is 0.909 bits per heavy atom. The summed E-state index contributed by atoms with van der Waals surface area (Å²) in [5, 5.41) is 0. The first-order valence-corrected chi connectivity index (χ1v) is 9.84. The highest BCUT2D eigenvalue weighted by atomic mass is 19.4. The van der Waals surface area contributed by atoms with Gasteiger partial charge in [0.05, 0.1) is 23.8 Å². The van der Waals surface area contributed by atoms with E-state index in [9.17, 15) is 40.3 Å². The van der Waals surface area contributed by atoms with Gasteiger partial charge in [0.2, 0.25) is 5.78 Å².